The average molecular weight is 425 g/mol. The molecule has 0 aromatic carbocycles. The normalized spacial score (nSPS) is 17.4. The van der Waals surface area contributed by atoms with Gasteiger partial charge in [0, 0.05) is 45.2 Å². The maximum Gasteiger partial charge on any atom is 0.160 e. The van der Waals surface area contributed by atoms with E-state index in [1.54, 1.807) is 0 Å². The Balaban J connectivity index is 1.49. The molecule has 0 bridgehead atoms. The standard InChI is InChI=1S/C22H32N6OSi/c1-30(2,3)13-12-29-16-28-11-8-19-22(28)25-15-20(27-19)18-7-5-10-24-21(18)26-17-6-4-9-23-14-17/h5,7-8,10-11,15,17,23H,4,6,9,12-14,16H2,1-3H3,(H,24,26)/t17-/m0/s1. The van der Waals surface area contributed by atoms with Gasteiger partial charge in [-0.05, 0) is 43.6 Å². The highest BCUT2D eigenvalue weighted by atomic mass is 28.3. The number of hydrogen-bond donors (Lipinski definition) is 2. The molecule has 0 aliphatic carbocycles. The van der Waals surface area contributed by atoms with Crippen molar-refractivity contribution in [2.75, 3.05) is 25.0 Å². The van der Waals surface area contributed by atoms with Gasteiger partial charge in [-0.2, -0.15) is 0 Å². The molecule has 1 fully saturated rings. The second-order valence-corrected chi connectivity index (χ2v) is 14.8. The van der Waals surface area contributed by atoms with E-state index in [1.807, 2.05) is 35.3 Å². The zero-order valence-corrected chi connectivity index (χ0v) is 19.2. The summed E-state index contributed by atoms with van der Waals surface area (Å²) in [5.74, 6) is 0.869. The van der Waals surface area contributed by atoms with Gasteiger partial charge >= 0.3 is 0 Å². The number of ether oxygens (including phenoxy) is 1. The van der Waals surface area contributed by atoms with E-state index >= 15 is 0 Å². The number of aromatic nitrogens is 4. The summed E-state index contributed by atoms with van der Waals surface area (Å²) in [5.41, 5.74) is 3.54. The van der Waals surface area contributed by atoms with Crippen molar-refractivity contribution in [2.45, 2.75) is 51.3 Å². The molecule has 3 aromatic heterocycles. The highest BCUT2D eigenvalue weighted by Crippen LogP contribution is 2.26. The van der Waals surface area contributed by atoms with Gasteiger partial charge in [0.2, 0.25) is 0 Å². The summed E-state index contributed by atoms with van der Waals surface area (Å²) >= 11 is 0. The molecule has 1 aliphatic heterocycles. The fourth-order valence-corrected chi connectivity index (χ4v) is 4.39. The quantitative estimate of drug-likeness (QED) is 0.421. The maximum absolute atomic E-state index is 5.88. The van der Waals surface area contributed by atoms with Crippen LogP contribution in [-0.2, 0) is 11.5 Å². The SMILES string of the molecule is C[Si](C)(C)CCOCn1ccc2nc(-c3cccnc3N[C@H]3CCCNC3)cnc21. The Morgan fingerprint density at radius 3 is 2.97 bits per heavy atom. The number of anilines is 1. The number of piperidine rings is 1. The molecule has 0 radical (unpaired) electrons. The lowest BCUT2D eigenvalue weighted by Crippen LogP contribution is -2.38. The van der Waals surface area contributed by atoms with Crippen molar-refractivity contribution in [3.8, 4) is 11.3 Å². The number of hydrogen-bond acceptors (Lipinski definition) is 6. The van der Waals surface area contributed by atoms with Crippen LogP contribution in [0.25, 0.3) is 22.4 Å². The molecule has 7 nitrogen and oxygen atoms in total. The third kappa shape index (κ3) is 5.24. The molecule has 0 unspecified atom stereocenters. The first-order chi connectivity index (χ1) is 14.5. The van der Waals surface area contributed by atoms with E-state index in [0.717, 1.165) is 60.4 Å². The van der Waals surface area contributed by atoms with Crippen molar-refractivity contribution >= 4 is 25.1 Å². The molecule has 1 atom stereocenters. The lowest BCUT2D eigenvalue weighted by atomic mass is 10.1. The smallest absolute Gasteiger partial charge is 0.160 e. The summed E-state index contributed by atoms with van der Waals surface area (Å²) in [4.78, 5) is 14.1. The number of pyridine rings is 1. The monoisotopic (exact) mass is 424 g/mol. The number of nitrogens with zero attached hydrogens (tertiary/aromatic N) is 4. The van der Waals surface area contributed by atoms with E-state index in [-0.39, 0.29) is 0 Å². The number of nitrogens with one attached hydrogen (secondary N) is 2. The van der Waals surface area contributed by atoms with Gasteiger partial charge in [-0.25, -0.2) is 15.0 Å². The lowest BCUT2D eigenvalue weighted by molar-refractivity contribution is 0.0899. The average Bonchev–Trinajstić information content (AvgIpc) is 3.14. The first-order valence-electron chi connectivity index (χ1n) is 10.8. The molecule has 2 N–H and O–H groups in total. The predicted molar refractivity (Wildman–Crippen MR) is 124 cm³/mol. The molecule has 1 aliphatic rings. The van der Waals surface area contributed by atoms with Crippen LogP contribution in [0.5, 0.6) is 0 Å². The Bertz CT molecular complexity index is 977. The third-order valence-electron chi connectivity index (χ3n) is 5.41. The molecule has 0 saturated carbocycles. The van der Waals surface area contributed by atoms with Gasteiger partial charge in [0.25, 0.3) is 0 Å². The highest BCUT2D eigenvalue weighted by Gasteiger charge is 2.17. The van der Waals surface area contributed by atoms with Crippen LogP contribution in [0, 0.1) is 0 Å². The Hall–Kier alpha value is -2.29. The fraction of sp³-hybridized carbons (Fsp3) is 0.500. The summed E-state index contributed by atoms with van der Waals surface area (Å²) in [6.07, 6.45) is 7.98. The summed E-state index contributed by atoms with van der Waals surface area (Å²) in [6.45, 7) is 10.4. The summed E-state index contributed by atoms with van der Waals surface area (Å²) in [6, 6.07) is 7.55. The van der Waals surface area contributed by atoms with E-state index in [0.29, 0.717) is 12.8 Å². The van der Waals surface area contributed by atoms with Gasteiger partial charge in [-0.1, -0.05) is 19.6 Å². The molecular formula is C22H32N6OSi. The molecular weight excluding hydrogens is 392 g/mol. The van der Waals surface area contributed by atoms with Crippen molar-refractivity contribution in [3.63, 3.8) is 0 Å². The maximum atomic E-state index is 5.88. The van der Waals surface area contributed by atoms with E-state index in [2.05, 4.69) is 41.3 Å². The lowest BCUT2D eigenvalue weighted by Gasteiger charge is -2.25. The molecule has 3 aromatic rings. The van der Waals surface area contributed by atoms with Gasteiger partial charge in [0.15, 0.2) is 5.65 Å². The van der Waals surface area contributed by atoms with Gasteiger partial charge in [0.1, 0.15) is 18.1 Å². The summed E-state index contributed by atoms with van der Waals surface area (Å²) in [5, 5.41) is 7.02. The first-order valence-corrected chi connectivity index (χ1v) is 14.5. The summed E-state index contributed by atoms with van der Waals surface area (Å²) in [7, 11) is -1.08. The second kappa shape index (κ2) is 9.24. The van der Waals surface area contributed by atoms with E-state index in [9.17, 15) is 0 Å². The van der Waals surface area contributed by atoms with Crippen LogP contribution in [0.1, 0.15) is 12.8 Å². The topological polar surface area (TPSA) is 76.9 Å². The molecule has 1 saturated heterocycles. The zero-order valence-electron chi connectivity index (χ0n) is 18.2. The third-order valence-corrected chi connectivity index (χ3v) is 7.12. The molecule has 8 heteroatoms. The van der Waals surface area contributed by atoms with Crippen LogP contribution in [0.15, 0.2) is 36.8 Å². The van der Waals surface area contributed by atoms with Crippen molar-refractivity contribution in [1.29, 1.82) is 0 Å². The largest absolute Gasteiger partial charge is 0.366 e. The van der Waals surface area contributed by atoms with E-state index < -0.39 is 8.07 Å². The summed E-state index contributed by atoms with van der Waals surface area (Å²) < 4.78 is 7.90. The minimum absolute atomic E-state index is 0.387. The van der Waals surface area contributed by atoms with Crippen molar-refractivity contribution in [1.82, 2.24) is 24.8 Å². The van der Waals surface area contributed by atoms with Gasteiger partial charge in [-0.15, -0.1) is 0 Å². The van der Waals surface area contributed by atoms with Crippen molar-refractivity contribution in [3.05, 3.63) is 36.8 Å². The Kier molecular flexibility index (Phi) is 6.45. The molecule has 0 spiro atoms. The molecule has 4 rings (SSSR count). The second-order valence-electron chi connectivity index (χ2n) is 9.18. The number of fused-ring (bicyclic) bond motifs is 1. The van der Waals surface area contributed by atoms with Crippen LogP contribution >= 0.6 is 0 Å². The van der Waals surface area contributed by atoms with Crippen LogP contribution in [0.4, 0.5) is 5.82 Å². The fourth-order valence-electron chi connectivity index (χ4n) is 3.63. The van der Waals surface area contributed by atoms with Crippen LogP contribution in [-0.4, -0.2) is 53.3 Å². The van der Waals surface area contributed by atoms with Gasteiger partial charge in [0.05, 0.1) is 11.9 Å². The Labute approximate surface area is 179 Å². The van der Waals surface area contributed by atoms with Gasteiger partial charge in [-0.3, -0.25) is 0 Å². The highest BCUT2D eigenvalue weighted by molar-refractivity contribution is 6.76. The predicted octanol–water partition coefficient (Wildman–Crippen LogP) is 3.97. The number of rotatable bonds is 8. The van der Waals surface area contributed by atoms with E-state index in [4.69, 9.17) is 14.7 Å². The molecule has 0 amide bonds. The Morgan fingerprint density at radius 1 is 1.27 bits per heavy atom. The zero-order chi connectivity index (χ0) is 21.0. The minimum Gasteiger partial charge on any atom is -0.366 e. The first kappa shape index (κ1) is 21.0. The van der Waals surface area contributed by atoms with Crippen LogP contribution in [0.2, 0.25) is 25.7 Å². The van der Waals surface area contributed by atoms with Crippen LogP contribution in [0.3, 0.4) is 0 Å². The van der Waals surface area contributed by atoms with Crippen molar-refractivity contribution in [2.24, 2.45) is 0 Å². The molecule has 30 heavy (non-hydrogen) atoms. The van der Waals surface area contributed by atoms with E-state index in [1.165, 1.54) is 6.42 Å². The minimum atomic E-state index is -1.08. The molecule has 160 valence electrons. The molecule has 4 heterocycles. The van der Waals surface area contributed by atoms with Crippen LogP contribution < -0.4 is 10.6 Å². The van der Waals surface area contributed by atoms with Gasteiger partial charge < -0.3 is 19.9 Å². The van der Waals surface area contributed by atoms with Crippen molar-refractivity contribution < 1.29 is 4.74 Å². The Morgan fingerprint density at radius 2 is 2.17 bits per heavy atom.